The van der Waals surface area contributed by atoms with Crippen molar-refractivity contribution in [3.8, 4) is 0 Å². The summed E-state index contributed by atoms with van der Waals surface area (Å²) in [6.07, 6.45) is 2.78. The zero-order chi connectivity index (χ0) is 34.8. The van der Waals surface area contributed by atoms with Gasteiger partial charge in [-0.05, 0) is 87.0 Å². The Morgan fingerprint density at radius 2 is 1.60 bits per heavy atom. The van der Waals surface area contributed by atoms with Crippen molar-refractivity contribution in [2.24, 2.45) is 34.5 Å². The summed E-state index contributed by atoms with van der Waals surface area (Å²) in [6, 6.07) is 0. The van der Waals surface area contributed by atoms with Gasteiger partial charge >= 0.3 is 23.9 Å². The topological polar surface area (TPSA) is 153 Å². The maximum absolute atomic E-state index is 12.7. The number of cyclic esters (lactones) is 1. The molecular weight excluding hydrogens is 624 g/mol. The first-order valence-corrected chi connectivity index (χ1v) is 17.6. The lowest BCUT2D eigenvalue weighted by Crippen LogP contribution is -2.67. The quantitative estimate of drug-likeness (QED) is 0.237. The van der Waals surface area contributed by atoms with E-state index in [9.17, 15) is 24.3 Å². The highest BCUT2D eigenvalue weighted by Crippen LogP contribution is 2.70. The number of fused-ring (bicyclic) bond motifs is 5. The molecule has 6 rings (SSSR count). The molecule has 12 nitrogen and oxygen atoms in total. The van der Waals surface area contributed by atoms with Crippen molar-refractivity contribution in [1.82, 2.24) is 0 Å². The summed E-state index contributed by atoms with van der Waals surface area (Å²) in [4.78, 5) is 48.6. The highest BCUT2D eigenvalue weighted by atomic mass is 16.7. The predicted octanol–water partition coefficient (Wildman–Crippen LogP) is 3.79. The van der Waals surface area contributed by atoms with Gasteiger partial charge in [-0.25, -0.2) is 4.79 Å². The number of ether oxygens (including phenoxy) is 7. The van der Waals surface area contributed by atoms with Gasteiger partial charge < -0.3 is 38.3 Å². The van der Waals surface area contributed by atoms with Crippen molar-refractivity contribution >= 4 is 23.9 Å². The van der Waals surface area contributed by atoms with E-state index in [1.165, 1.54) is 27.9 Å². The number of rotatable bonds is 7. The Morgan fingerprint density at radius 3 is 2.23 bits per heavy atom. The van der Waals surface area contributed by atoms with Crippen LogP contribution in [-0.2, 0) is 52.3 Å². The molecule has 4 aliphatic carbocycles. The Bertz CT molecular complexity index is 1330. The Morgan fingerprint density at radius 1 is 0.917 bits per heavy atom. The van der Waals surface area contributed by atoms with Gasteiger partial charge in [-0.2, -0.15) is 0 Å². The van der Waals surface area contributed by atoms with E-state index in [1.54, 1.807) is 13.0 Å². The number of hydrogen-bond acceptors (Lipinski definition) is 12. The van der Waals surface area contributed by atoms with Crippen molar-refractivity contribution in [3.05, 3.63) is 11.6 Å². The van der Waals surface area contributed by atoms with Gasteiger partial charge in [0, 0.05) is 45.3 Å². The van der Waals surface area contributed by atoms with Crippen LogP contribution < -0.4 is 0 Å². The summed E-state index contributed by atoms with van der Waals surface area (Å²) in [5, 5.41) is 12.7. The van der Waals surface area contributed by atoms with Crippen LogP contribution in [0.15, 0.2) is 11.6 Å². The van der Waals surface area contributed by atoms with Crippen molar-refractivity contribution in [3.63, 3.8) is 0 Å². The molecule has 268 valence electrons. The van der Waals surface area contributed by atoms with Gasteiger partial charge in [-0.15, -0.1) is 0 Å². The van der Waals surface area contributed by atoms with Crippen LogP contribution in [0.3, 0.4) is 0 Å². The van der Waals surface area contributed by atoms with Crippen molar-refractivity contribution in [2.45, 2.75) is 141 Å². The lowest BCUT2D eigenvalue weighted by atomic mass is 9.42. The molecule has 1 N–H and O–H groups in total. The smallest absolute Gasteiger partial charge is 0.331 e. The normalized spacial score (nSPS) is 46.7. The van der Waals surface area contributed by atoms with E-state index in [4.69, 9.17) is 33.2 Å². The molecule has 1 saturated heterocycles. The molecule has 5 fully saturated rings. The third kappa shape index (κ3) is 5.88. The molecule has 0 spiro atoms. The first-order valence-electron chi connectivity index (χ1n) is 17.6. The maximum Gasteiger partial charge on any atom is 0.331 e. The number of carbonyl (C=O) groups excluding carboxylic acids is 4. The van der Waals surface area contributed by atoms with Crippen LogP contribution in [-0.4, -0.2) is 91.2 Å². The van der Waals surface area contributed by atoms with Gasteiger partial charge in [0.1, 0.15) is 18.8 Å². The number of carbonyl (C=O) groups is 4. The standard InChI is InChI=1S/C36H52O12/c1-18-30(46-20(3)38)31(42-7)32(47-21(4)39)33(44-18)48-24-10-12-34(5)23(15-24)8-9-26-29(34)27(45-19(2)37)16-35(6)25(11-13-36(26,35)41)22-14-28(40)43-17-22/h14,18,23-27,29-33,41H,8-13,15-17H2,1-7H3/t18-,23+,24+,25+,26+,27+,29+,30-,31+,32+,33+,34+,35+,36-/m0/s1. The van der Waals surface area contributed by atoms with Crippen molar-refractivity contribution < 1.29 is 57.4 Å². The molecule has 0 aromatic rings. The largest absolute Gasteiger partial charge is 0.462 e. The molecule has 4 saturated carbocycles. The van der Waals surface area contributed by atoms with Gasteiger partial charge in [0.2, 0.25) is 0 Å². The Balaban J connectivity index is 1.23. The van der Waals surface area contributed by atoms with Crippen LogP contribution >= 0.6 is 0 Å². The summed E-state index contributed by atoms with van der Waals surface area (Å²) >= 11 is 0. The highest BCUT2D eigenvalue weighted by Gasteiger charge is 2.71. The third-order valence-electron chi connectivity index (χ3n) is 13.1. The van der Waals surface area contributed by atoms with Crippen molar-refractivity contribution in [2.75, 3.05) is 13.7 Å². The van der Waals surface area contributed by atoms with E-state index in [-0.39, 0.29) is 59.8 Å². The zero-order valence-electron chi connectivity index (χ0n) is 29.2. The average Bonchev–Trinajstić information content (AvgIpc) is 3.54. The highest BCUT2D eigenvalue weighted by molar-refractivity contribution is 5.85. The van der Waals surface area contributed by atoms with E-state index >= 15 is 0 Å². The number of aliphatic hydroxyl groups is 1. The number of esters is 4. The zero-order valence-corrected chi connectivity index (χ0v) is 29.2. The minimum Gasteiger partial charge on any atom is -0.462 e. The summed E-state index contributed by atoms with van der Waals surface area (Å²) in [7, 11) is 1.48. The van der Waals surface area contributed by atoms with Gasteiger partial charge in [0.05, 0.1) is 17.8 Å². The van der Waals surface area contributed by atoms with Crippen LogP contribution in [0.2, 0.25) is 0 Å². The number of hydrogen-bond donors (Lipinski definition) is 1. The van der Waals surface area contributed by atoms with Crippen LogP contribution in [0.5, 0.6) is 0 Å². The molecular formula is C36H52O12. The molecule has 2 aliphatic heterocycles. The molecule has 0 radical (unpaired) electrons. The van der Waals surface area contributed by atoms with Crippen LogP contribution in [0.25, 0.3) is 0 Å². The molecule has 0 unspecified atom stereocenters. The SMILES string of the molecule is CO[C@@H]1[C@@H](OC(C)=O)[C@H](C)O[C@H](O[C@@H]2CC[C@]3(C)[C@H](CC[C@@H]4[C@@H]3[C@H](OC(C)=O)C[C@]3(C)[C@@H](C5=CC(=O)OC5)CC[C@]43O)C2)[C@@H]1OC(C)=O. The first-order chi connectivity index (χ1) is 22.6. The fourth-order valence-electron chi connectivity index (χ4n) is 11.1. The van der Waals surface area contributed by atoms with Gasteiger partial charge in [-0.1, -0.05) is 13.8 Å². The molecule has 14 atom stereocenters. The molecule has 0 bridgehead atoms. The summed E-state index contributed by atoms with van der Waals surface area (Å²) in [5.74, 6) is -1.60. The summed E-state index contributed by atoms with van der Waals surface area (Å²) < 4.78 is 41.1. The second-order valence-corrected chi connectivity index (χ2v) is 15.6. The summed E-state index contributed by atoms with van der Waals surface area (Å²) in [5.41, 5.74) is -0.837. The Kier molecular flexibility index (Phi) is 9.54. The second-order valence-electron chi connectivity index (χ2n) is 15.6. The lowest BCUT2D eigenvalue weighted by Gasteiger charge is -2.65. The molecule has 48 heavy (non-hydrogen) atoms. The average molecular weight is 677 g/mol. The third-order valence-corrected chi connectivity index (χ3v) is 13.1. The molecule has 0 aromatic carbocycles. The van der Waals surface area contributed by atoms with E-state index < -0.39 is 53.7 Å². The second kappa shape index (κ2) is 13.0. The van der Waals surface area contributed by atoms with Crippen molar-refractivity contribution in [1.29, 1.82) is 0 Å². The van der Waals surface area contributed by atoms with Gasteiger partial charge in [0.25, 0.3) is 0 Å². The first kappa shape index (κ1) is 35.3. The molecule has 0 amide bonds. The van der Waals surface area contributed by atoms with E-state index in [0.29, 0.717) is 19.3 Å². The monoisotopic (exact) mass is 676 g/mol. The maximum atomic E-state index is 12.7. The van der Waals surface area contributed by atoms with Gasteiger partial charge in [0.15, 0.2) is 18.5 Å². The van der Waals surface area contributed by atoms with E-state index in [2.05, 4.69) is 13.8 Å². The minimum atomic E-state index is -0.968. The van der Waals surface area contributed by atoms with E-state index in [1.807, 2.05) is 0 Å². The number of methoxy groups -OCH3 is 1. The predicted molar refractivity (Wildman–Crippen MR) is 168 cm³/mol. The fraction of sp³-hybridized carbons (Fsp3) is 0.833. The van der Waals surface area contributed by atoms with E-state index in [0.717, 1.165) is 37.7 Å². The Labute approximate surface area is 282 Å². The molecule has 12 heteroatoms. The van der Waals surface area contributed by atoms with Crippen LogP contribution in [0.4, 0.5) is 0 Å². The van der Waals surface area contributed by atoms with Crippen LogP contribution in [0, 0.1) is 34.5 Å². The lowest BCUT2D eigenvalue weighted by molar-refractivity contribution is -0.318. The Hall–Kier alpha value is -2.54. The fourth-order valence-corrected chi connectivity index (χ4v) is 11.1. The van der Waals surface area contributed by atoms with Crippen LogP contribution in [0.1, 0.15) is 92.9 Å². The summed E-state index contributed by atoms with van der Waals surface area (Å²) in [6.45, 7) is 10.5. The van der Waals surface area contributed by atoms with Gasteiger partial charge in [-0.3, -0.25) is 14.4 Å². The molecule has 6 aliphatic rings. The molecule has 2 heterocycles. The minimum absolute atomic E-state index is 0.0259. The molecule has 0 aromatic heterocycles.